The Morgan fingerprint density at radius 2 is 1.88 bits per heavy atom. The number of rotatable bonds is 6. The summed E-state index contributed by atoms with van der Waals surface area (Å²) in [4.78, 5) is 1.98. The summed E-state index contributed by atoms with van der Waals surface area (Å²) in [5.74, 6) is -0.398. The molecule has 0 aliphatic rings. The van der Waals surface area contributed by atoms with Crippen LogP contribution >= 0.6 is 11.6 Å². The average Bonchev–Trinajstić information content (AvgIpc) is 2.28. The zero-order valence-corrected chi connectivity index (χ0v) is 10.1. The Kier molecular flexibility index (Phi) is 5.71. The van der Waals surface area contributed by atoms with Crippen LogP contribution in [0.15, 0.2) is 18.2 Å². The SMILES string of the molecule is CCN(CCCCl)Cc1c(F)cccc1F. The molecule has 0 spiro atoms. The van der Waals surface area contributed by atoms with Crippen LogP contribution < -0.4 is 0 Å². The fraction of sp³-hybridized carbons (Fsp3) is 0.500. The normalized spacial score (nSPS) is 11.1. The first-order valence-corrected chi connectivity index (χ1v) is 5.93. The van der Waals surface area contributed by atoms with E-state index in [2.05, 4.69) is 0 Å². The minimum absolute atomic E-state index is 0.138. The number of hydrogen-bond donors (Lipinski definition) is 0. The molecule has 0 bridgehead atoms. The van der Waals surface area contributed by atoms with Gasteiger partial charge in [0.25, 0.3) is 0 Å². The largest absolute Gasteiger partial charge is 0.299 e. The van der Waals surface area contributed by atoms with Crippen LogP contribution in [0.1, 0.15) is 18.9 Å². The molecule has 0 amide bonds. The lowest BCUT2D eigenvalue weighted by Crippen LogP contribution is -2.25. The number of hydrogen-bond acceptors (Lipinski definition) is 1. The Morgan fingerprint density at radius 1 is 1.25 bits per heavy atom. The summed E-state index contributed by atoms with van der Waals surface area (Å²) in [6.07, 6.45) is 0.825. The van der Waals surface area contributed by atoms with Gasteiger partial charge in [0.05, 0.1) is 0 Å². The van der Waals surface area contributed by atoms with Crippen LogP contribution in [-0.4, -0.2) is 23.9 Å². The zero-order valence-electron chi connectivity index (χ0n) is 9.35. The predicted octanol–water partition coefficient (Wildman–Crippen LogP) is 3.42. The molecule has 4 heteroatoms. The van der Waals surface area contributed by atoms with Gasteiger partial charge in [0.2, 0.25) is 0 Å². The lowest BCUT2D eigenvalue weighted by atomic mass is 10.2. The minimum Gasteiger partial charge on any atom is -0.299 e. The third-order valence-electron chi connectivity index (χ3n) is 2.50. The maximum atomic E-state index is 13.4. The molecule has 0 aliphatic carbocycles. The second kappa shape index (κ2) is 6.81. The molecule has 0 heterocycles. The molecule has 0 unspecified atom stereocenters. The summed E-state index contributed by atoms with van der Waals surface area (Å²) in [6, 6.07) is 3.95. The van der Waals surface area contributed by atoms with Crippen molar-refractivity contribution >= 4 is 11.6 Å². The van der Waals surface area contributed by atoms with Gasteiger partial charge in [0, 0.05) is 18.0 Å². The second-order valence-electron chi connectivity index (χ2n) is 3.61. The molecule has 16 heavy (non-hydrogen) atoms. The molecular weight excluding hydrogens is 232 g/mol. The van der Waals surface area contributed by atoms with Gasteiger partial charge < -0.3 is 0 Å². The van der Waals surface area contributed by atoms with E-state index >= 15 is 0 Å². The van der Waals surface area contributed by atoms with E-state index < -0.39 is 11.6 Å². The molecule has 0 fully saturated rings. The van der Waals surface area contributed by atoms with Crippen molar-refractivity contribution in [1.29, 1.82) is 0 Å². The highest BCUT2D eigenvalue weighted by atomic mass is 35.5. The van der Waals surface area contributed by atoms with Crippen LogP contribution in [0.5, 0.6) is 0 Å². The highest BCUT2D eigenvalue weighted by molar-refractivity contribution is 6.17. The van der Waals surface area contributed by atoms with Crippen LogP contribution in [0.25, 0.3) is 0 Å². The summed E-state index contributed by atoms with van der Waals surface area (Å²) < 4.78 is 26.8. The molecule has 0 aliphatic heterocycles. The van der Waals surface area contributed by atoms with Crippen molar-refractivity contribution in [2.75, 3.05) is 19.0 Å². The molecule has 1 rings (SSSR count). The fourth-order valence-corrected chi connectivity index (χ4v) is 1.66. The predicted molar refractivity (Wildman–Crippen MR) is 62.6 cm³/mol. The Balaban J connectivity index is 2.69. The molecule has 0 saturated carbocycles. The first kappa shape index (κ1) is 13.4. The van der Waals surface area contributed by atoms with Gasteiger partial charge >= 0.3 is 0 Å². The van der Waals surface area contributed by atoms with Gasteiger partial charge in [-0.15, -0.1) is 11.6 Å². The number of halogens is 3. The van der Waals surface area contributed by atoms with Crippen molar-refractivity contribution in [1.82, 2.24) is 4.90 Å². The second-order valence-corrected chi connectivity index (χ2v) is 3.99. The number of nitrogens with zero attached hydrogens (tertiary/aromatic N) is 1. The summed E-state index contributed by atoms with van der Waals surface area (Å²) in [5, 5.41) is 0. The fourth-order valence-electron chi connectivity index (χ4n) is 1.54. The maximum absolute atomic E-state index is 13.4. The first-order chi connectivity index (χ1) is 7.69. The van der Waals surface area contributed by atoms with Gasteiger partial charge in [0.15, 0.2) is 0 Å². The van der Waals surface area contributed by atoms with E-state index in [0.717, 1.165) is 19.5 Å². The van der Waals surface area contributed by atoms with Crippen molar-refractivity contribution in [3.05, 3.63) is 35.4 Å². The van der Waals surface area contributed by atoms with Gasteiger partial charge in [-0.05, 0) is 31.6 Å². The van der Waals surface area contributed by atoms with Gasteiger partial charge in [0.1, 0.15) is 11.6 Å². The van der Waals surface area contributed by atoms with Crippen LogP contribution in [-0.2, 0) is 6.54 Å². The van der Waals surface area contributed by atoms with Gasteiger partial charge in [-0.25, -0.2) is 8.78 Å². The summed E-state index contributed by atoms with van der Waals surface area (Å²) >= 11 is 5.59. The Hall–Kier alpha value is -0.670. The standard InChI is InChI=1S/C12H16ClF2N/c1-2-16(8-4-7-13)9-10-11(14)5-3-6-12(10)15/h3,5-6H,2,4,7-9H2,1H3. The third kappa shape index (κ3) is 3.72. The Bertz CT molecular complexity index is 311. The molecule has 1 aromatic carbocycles. The molecule has 0 atom stereocenters. The average molecular weight is 248 g/mol. The molecule has 1 aromatic rings. The van der Waals surface area contributed by atoms with Crippen molar-refractivity contribution in [3.8, 4) is 0 Å². The van der Waals surface area contributed by atoms with Gasteiger partial charge in [-0.3, -0.25) is 4.90 Å². The van der Waals surface area contributed by atoms with E-state index in [0.29, 0.717) is 12.4 Å². The lowest BCUT2D eigenvalue weighted by molar-refractivity contribution is 0.272. The third-order valence-corrected chi connectivity index (χ3v) is 2.77. The van der Waals surface area contributed by atoms with E-state index in [1.165, 1.54) is 18.2 Å². The van der Waals surface area contributed by atoms with Gasteiger partial charge in [-0.1, -0.05) is 13.0 Å². The molecule has 0 saturated heterocycles. The minimum atomic E-state index is -0.482. The van der Waals surface area contributed by atoms with E-state index in [1.54, 1.807) is 0 Å². The Labute approximate surface area is 100 Å². The summed E-state index contributed by atoms with van der Waals surface area (Å²) in [5.41, 5.74) is 0.138. The van der Waals surface area contributed by atoms with Crippen molar-refractivity contribution in [2.24, 2.45) is 0 Å². The number of benzene rings is 1. The summed E-state index contributed by atoms with van der Waals surface area (Å²) in [7, 11) is 0. The van der Waals surface area contributed by atoms with E-state index in [9.17, 15) is 8.78 Å². The van der Waals surface area contributed by atoms with Crippen LogP contribution in [0.4, 0.5) is 8.78 Å². The lowest BCUT2D eigenvalue weighted by Gasteiger charge is -2.20. The van der Waals surface area contributed by atoms with E-state index in [4.69, 9.17) is 11.6 Å². The molecule has 0 N–H and O–H groups in total. The summed E-state index contributed by atoms with van der Waals surface area (Å²) in [6.45, 7) is 3.78. The monoisotopic (exact) mass is 247 g/mol. The topological polar surface area (TPSA) is 3.24 Å². The molecule has 1 nitrogen and oxygen atoms in total. The smallest absolute Gasteiger partial charge is 0.130 e. The zero-order chi connectivity index (χ0) is 12.0. The highest BCUT2D eigenvalue weighted by Crippen LogP contribution is 2.14. The van der Waals surface area contributed by atoms with Crippen molar-refractivity contribution < 1.29 is 8.78 Å². The maximum Gasteiger partial charge on any atom is 0.130 e. The van der Waals surface area contributed by atoms with Gasteiger partial charge in [-0.2, -0.15) is 0 Å². The van der Waals surface area contributed by atoms with Crippen molar-refractivity contribution in [2.45, 2.75) is 19.9 Å². The molecule has 0 aromatic heterocycles. The molecule has 0 radical (unpaired) electrons. The van der Waals surface area contributed by atoms with Crippen LogP contribution in [0, 0.1) is 11.6 Å². The van der Waals surface area contributed by atoms with E-state index in [-0.39, 0.29) is 5.56 Å². The molecular formula is C12H16ClF2N. The highest BCUT2D eigenvalue weighted by Gasteiger charge is 2.11. The number of alkyl halides is 1. The van der Waals surface area contributed by atoms with Crippen LogP contribution in [0.3, 0.4) is 0 Å². The molecule has 90 valence electrons. The van der Waals surface area contributed by atoms with E-state index in [1.807, 2.05) is 11.8 Å². The first-order valence-electron chi connectivity index (χ1n) is 5.40. The van der Waals surface area contributed by atoms with Crippen molar-refractivity contribution in [3.63, 3.8) is 0 Å². The Morgan fingerprint density at radius 3 is 2.38 bits per heavy atom. The quantitative estimate of drug-likeness (QED) is 0.697. The van der Waals surface area contributed by atoms with Crippen LogP contribution in [0.2, 0.25) is 0 Å².